The minimum Gasteiger partial charge on any atom is -0.352 e. The molecule has 3 aromatic rings. The van der Waals surface area contributed by atoms with Gasteiger partial charge in [-0.1, -0.05) is 44.5 Å². The molecule has 2 aliphatic rings. The second-order valence-electron chi connectivity index (χ2n) is 9.29. The van der Waals surface area contributed by atoms with Gasteiger partial charge in [0.25, 0.3) is 11.8 Å². The van der Waals surface area contributed by atoms with Gasteiger partial charge in [0, 0.05) is 26.2 Å². The lowest BCUT2D eigenvalue weighted by Gasteiger charge is -2.39. The van der Waals surface area contributed by atoms with Gasteiger partial charge in [0.1, 0.15) is 6.04 Å². The van der Waals surface area contributed by atoms with Crippen LogP contribution >= 0.6 is 0 Å². The molecule has 2 aliphatic heterocycles. The van der Waals surface area contributed by atoms with Gasteiger partial charge in [0.2, 0.25) is 5.91 Å². The van der Waals surface area contributed by atoms with Crippen molar-refractivity contribution in [3.63, 3.8) is 0 Å². The highest BCUT2D eigenvalue weighted by Gasteiger charge is 2.46. The third-order valence-electron chi connectivity index (χ3n) is 7.15. The van der Waals surface area contributed by atoms with Crippen LogP contribution in [-0.2, 0) is 4.79 Å². The van der Waals surface area contributed by atoms with E-state index in [1.807, 2.05) is 45.0 Å². The molecular formula is C27H29N5O3. The Balaban J connectivity index is 1.35. The lowest BCUT2D eigenvalue weighted by molar-refractivity contribution is -0.137. The van der Waals surface area contributed by atoms with Gasteiger partial charge in [-0.15, -0.1) is 0 Å². The monoisotopic (exact) mass is 471 g/mol. The molecule has 3 amide bonds. The maximum atomic E-state index is 13.7. The Bertz CT molecular complexity index is 1280. The molecule has 35 heavy (non-hydrogen) atoms. The van der Waals surface area contributed by atoms with E-state index in [2.05, 4.69) is 9.88 Å². The van der Waals surface area contributed by atoms with Gasteiger partial charge in [0.05, 0.1) is 27.9 Å². The van der Waals surface area contributed by atoms with E-state index in [4.69, 9.17) is 4.98 Å². The van der Waals surface area contributed by atoms with E-state index in [-0.39, 0.29) is 23.6 Å². The van der Waals surface area contributed by atoms with Crippen LogP contribution < -0.4 is 4.90 Å². The van der Waals surface area contributed by atoms with Gasteiger partial charge < -0.3 is 9.80 Å². The highest BCUT2D eigenvalue weighted by Crippen LogP contribution is 2.30. The second-order valence-corrected chi connectivity index (χ2v) is 9.29. The Morgan fingerprint density at radius 2 is 1.43 bits per heavy atom. The zero-order chi connectivity index (χ0) is 24.7. The van der Waals surface area contributed by atoms with E-state index in [0.717, 1.165) is 22.5 Å². The molecule has 8 nitrogen and oxygen atoms in total. The summed E-state index contributed by atoms with van der Waals surface area (Å²) in [5.74, 6) is -0.268. The topological polar surface area (TPSA) is 86.7 Å². The SMILES string of the molecule is CCC(C)C(C(=O)N1CCN(c2nc3ccccc3nc2C)CC1)N1C(=O)c2ccccc2C1=O. The Hall–Kier alpha value is -3.81. The van der Waals surface area contributed by atoms with Crippen molar-refractivity contribution in [1.29, 1.82) is 0 Å². The number of piperazine rings is 1. The van der Waals surface area contributed by atoms with Gasteiger partial charge >= 0.3 is 0 Å². The first-order chi connectivity index (χ1) is 16.9. The third kappa shape index (κ3) is 3.92. The summed E-state index contributed by atoms with van der Waals surface area (Å²) < 4.78 is 0. The number of aryl methyl sites for hydroxylation is 1. The molecule has 1 saturated heterocycles. The molecule has 3 heterocycles. The van der Waals surface area contributed by atoms with Crippen LogP contribution in [0.5, 0.6) is 0 Å². The maximum Gasteiger partial charge on any atom is 0.262 e. The van der Waals surface area contributed by atoms with E-state index in [1.54, 1.807) is 29.2 Å². The number of carbonyl (C=O) groups excluding carboxylic acids is 3. The van der Waals surface area contributed by atoms with Crippen LogP contribution in [0.15, 0.2) is 48.5 Å². The van der Waals surface area contributed by atoms with Crippen LogP contribution in [0.4, 0.5) is 5.82 Å². The highest BCUT2D eigenvalue weighted by molar-refractivity contribution is 6.22. The van der Waals surface area contributed by atoms with E-state index in [9.17, 15) is 14.4 Å². The van der Waals surface area contributed by atoms with Crippen molar-refractivity contribution in [2.24, 2.45) is 5.92 Å². The van der Waals surface area contributed by atoms with E-state index >= 15 is 0 Å². The van der Waals surface area contributed by atoms with Crippen LogP contribution in [0.25, 0.3) is 11.0 Å². The maximum absolute atomic E-state index is 13.7. The molecule has 1 aromatic heterocycles. The predicted octanol–water partition coefficient (Wildman–Crippen LogP) is 3.30. The van der Waals surface area contributed by atoms with Crippen molar-refractivity contribution in [3.05, 3.63) is 65.4 Å². The van der Waals surface area contributed by atoms with Crippen molar-refractivity contribution in [2.75, 3.05) is 31.1 Å². The van der Waals surface area contributed by atoms with Gasteiger partial charge in [0.15, 0.2) is 5.82 Å². The Morgan fingerprint density at radius 1 is 0.886 bits per heavy atom. The number of imide groups is 1. The first-order valence-corrected chi connectivity index (χ1v) is 12.1. The zero-order valence-electron chi connectivity index (χ0n) is 20.3. The molecule has 0 aliphatic carbocycles. The summed E-state index contributed by atoms with van der Waals surface area (Å²) in [6.45, 7) is 8.04. The number of hydrogen-bond donors (Lipinski definition) is 0. The van der Waals surface area contributed by atoms with Crippen molar-refractivity contribution in [2.45, 2.75) is 33.2 Å². The van der Waals surface area contributed by atoms with E-state index in [1.165, 1.54) is 4.90 Å². The number of anilines is 1. The molecule has 0 N–H and O–H groups in total. The Labute approximate surface area is 204 Å². The number of amides is 3. The summed E-state index contributed by atoms with van der Waals surface area (Å²) in [5, 5.41) is 0. The Kier molecular flexibility index (Phi) is 5.96. The van der Waals surface area contributed by atoms with Crippen LogP contribution in [-0.4, -0.2) is 69.7 Å². The summed E-state index contributed by atoms with van der Waals surface area (Å²) in [6, 6.07) is 13.8. The van der Waals surface area contributed by atoms with Crippen molar-refractivity contribution >= 4 is 34.6 Å². The molecule has 2 atom stereocenters. The van der Waals surface area contributed by atoms with Gasteiger partial charge in [-0.3, -0.25) is 19.3 Å². The minimum atomic E-state index is -0.818. The molecule has 0 radical (unpaired) electrons. The van der Waals surface area contributed by atoms with Crippen molar-refractivity contribution < 1.29 is 14.4 Å². The summed E-state index contributed by atoms with van der Waals surface area (Å²) in [5.41, 5.74) is 3.29. The molecule has 180 valence electrons. The van der Waals surface area contributed by atoms with Crippen LogP contribution in [0.2, 0.25) is 0 Å². The highest BCUT2D eigenvalue weighted by atomic mass is 16.2. The smallest absolute Gasteiger partial charge is 0.262 e. The first-order valence-electron chi connectivity index (χ1n) is 12.1. The molecule has 2 unspecified atom stereocenters. The summed E-state index contributed by atoms with van der Waals surface area (Å²) in [7, 11) is 0. The molecule has 0 bridgehead atoms. The number of aromatic nitrogens is 2. The molecule has 1 fully saturated rings. The third-order valence-corrected chi connectivity index (χ3v) is 7.15. The van der Waals surface area contributed by atoms with E-state index < -0.39 is 6.04 Å². The number of rotatable bonds is 5. The van der Waals surface area contributed by atoms with Crippen molar-refractivity contribution in [1.82, 2.24) is 19.8 Å². The summed E-state index contributed by atoms with van der Waals surface area (Å²) in [4.78, 5) is 54.7. The summed E-state index contributed by atoms with van der Waals surface area (Å²) in [6.07, 6.45) is 0.676. The number of hydrogen-bond acceptors (Lipinski definition) is 6. The van der Waals surface area contributed by atoms with Gasteiger partial charge in [-0.05, 0) is 37.1 Å². The fourth-order valence-corrected chi connectivity index (χ4v) is 5.00. The number of para-hydroxylation sites is 2. The fourth-order valence-electron chi connectivity index (χ4n) is 5.00. The van der Waals surface area contributed by atoms with Crippen molar-refractivity contribution in [3.8, 4) is 0 Å². The molecule has 8 heteroatoms. The standard InChI is InChI=1S/C27H29N5O3/c1-4-17(2)23(32-25(33)19-9-5-6-10-20(19)26(32)34)27(35)31-15-13-30(14-16-31)24-18(3)28-21-11-7-8-12-22(21)29-24/h5-12,17,23H,4,13-16H2,1-3H3. The molecular weight excluding hydrogens is 442 g/mol. The average molecular weight is 472 g/mol. The molecule has 5 rings (SSSR count). The van der Waals surface area contributed by atoms with Gasteiger partial charge in [-0.25, -0.2) is 9.97 Å². The normalized spacial score (nSPS) is 17.6. The number of carbonyl (C=O) groups is 3. The van der Waals surface area contributed by atoms with E-state index in [0.29, 0.717) is 43.7 Å². The second kappa shape index (κ2) is 9.09. The quantitative estimate of drug-likeness (QED) is 0.531. The molecule has 0 saturated carbocycles. The first kappa shape index (κ1) is 23.0. The summed E-state index contributed by atoms with van der Waals surface area (Å²) >= 11 is 0. The predicted molar refractivity (Wildman–Crippen MR) is 133 cm³/mol. The lowest BCUT2D eigenvalue weighted by Crippen LogP contribution is -2.58. The van der Waals surface area contributed by atoms with Crippen LogP contribution in [0.3, 0.4) is 0 Å². The number of fused-ring (bicyclic) bond motifs is 2. The fraction of sp³-hybridized carbons (Fsp3) is 0.370. The number of nitrogens with zero attached hydrogens (tertiary/aromatic N) is 5. The average Bonchev–Trinajstić information content (AvgIpc) is 3.13. The molecule has 2 aromatic carbocycles. The molecule has 0 spiro atoms. The van der Waals surface area contributed by atoms with Crippen LogP contribution in [0.1, 0.15) is 46.7 Å². The van der Waals surface area contributed by atoms with Gasteiger partial charge in [-0.2, -0.15) is 0 Å². The Morgan fingerprint density at radius 3 is 2.00 bits per heavy atom. The minimum absolute atomic E-state index is 0.156. The number of benzene rings is 2. The lowest BCUT2D eigenvalue weighted by atomic mass is 9.95. The largest absolute Gasteiger partial charge is 0.352 e. The zero-order valence-corrected chi connectivity index (χ0v) is 20.3. The van der Waals surface area contributed by atoms with Crippen LogP contribution in [0, 0.1) is 12.8 Å².